The fourth-order valence-electron chi connectivity index (χ4n) is 2.85. The minimum Gasteiger partial charge on any atom is -0.324 e. The smallest absolute Gasteiger partial charge is 0.224 e. The first-order valence-corrected chi connectivity index (χ1v) is 8.48. The number of para-hydroxylation sites is 2. The van der Waals surface area contributed by atoms with Gasteiger partial charge in [-0.2, -0.15) is 10.4 Å². The van der Waals surface area contributed by atoms with Gasteiger partial charge in [0.2, 0.25) is 5.91 Å². The van der Waals surface area contributed by atoms with E-state index in [4.69, 9.17) is 5.26 Å². The Balaban J connectivity index is 1.70. The third-order valence-corrected chi connectivity index (χ3v) is 4.14. The van der Waals surface area contributed by atoms with Gasteiger partial charge in [-0.05, 0) is 56.2 Å². The van der Waals surface area contributed by atoms with Gasteiger partial charge in [0.25, 0.3) is 0 Å². The SMILES string of the molecule is Cc1cc(C)n(-c2ccccc2NC(=O)CCc2ccc(C#N)cc2)n1. The van der Waals surface area contributed by atoms with Crippen LogP contribution in [0.4, 0.5) is 5.69 Å². The molecule has 0 aliphatic rings. The van der Waals surface area contributed by atoms with Crippen LogP contribution in [0, 0.1) is 25.2 Å². The van der Waals surface area contributed by atoms with E-state index < -0.39 is 0 Å². The summed E-state index contributed by atoms with van der Waals surface area (Å²) in [5, 5.41) is 16.3. The number of nitrogens with zero attached hydrogens (tertiary/aromatic N) is 3. The molecule has 5 nitrogen and oxygen atoms in total. The molecular formula is C21H20N4O. The second-order valence-electron chi connectivity index (χ2n) is 6.21. The van der Waals surface area contributed by atoms with Crippen LogP contribution in [-0.2, 0) is 11.2 Å². The lowest BCUT2D eigenvalue weighted by Crippen LogP contribution is -2.14. The zero-order valence-corrected chi connectivity index (χ0v) is 14.9. The van der Waals surface area contributed by atoms with Crippen molar-refractivity contribution in [3.8, 4) is 11.8 Å². The summed E-state index contributed by atoms with van der Waals surface area (Å²) in [4.78, 5) is 12.4. The fourth-order valence-corrected chi connectivity index (χ4v) is 2.85. The van der Waals surface area contributed by atoms with Crippen molar-refractivity contribution in [3.05, 3.63) is 77.1 Å². The number of nitriles is 1. The number of rotatable bonds is 5. The lowest BCUT2D eigenvalue weighted by molar-refractivity contribution is -0.116. The Hall–Kier alpha value is -3.39. The zero-order valence-electron chi connectivity index (χ0n) is 14.9. The molecule has 1 heterocycles. The van der Waals surface area contributed by atoms with Crippen LogP contribution in [0.5, 0.6) is 0 Å². The van der Waals surface area contributed by atoms with Crippen LogP contribution in [-0.4, -0.2) is 15.7 Å². The molecule has 0 unspecified atom stereocenters. The van der Waals surface area contributed by atoms with E-state index in [-0.39, 0.29) is 5.91 Å². The molecule has 3 aromatic rings. The highest BCUT2D eigenvalue weighted by atomic mass is 16.1. The van der Waals surface area contributed by atoms with Crippen LogP contribution < -0.4 is 5.32 Å². The van der Waals surface area contributed by atoms with Gasteiger partial charge >= 0.3 is 0 Å². The molecule has 0 spiro atoms. The minimum atomic E-state index is -0.0525. The zero-order chi connectivity index (χ0) is 18.5. The highest BCUT2D eigenvalue weighted by Crippen LogP contribution is 2.22. The average Bonchev–Trinajstić information content (AvgIpc) is 2.99. The van der Waals surface area contributed by atoms with E-state index in [1.54, 1.807) is 12.1 Å². The normalized spacial score (nSPS) is 10.3. The monoisotopic (exact) mass is 344 g/mol. The molecule has 0 saturated carbocycles. The number of hydrogen-bond acceptors (Lipinski definition) is 3. The number of hydrogen-bond donors (Lipinski definition) is 1. The summed E-state index contributed by atoms with van der Waals surface area (Å²) in [6.45, 7) is 3.94. The summed E-state index contributed by atoms with van der Waals surface area (Å²) < 4.78 is 1.84. The molecular weight excluding hydrogens is 324 g/mol. The van der Waals surface area contributed by atoms with E-state index in [9.17, 15) is 4.79 Å². The number of amides is 1. The highest BCUT2D eigenvalue weighted by molar-refractivity contribution is 5.92. The second kappa shape index (κ2) is 7.66. The maximum Gasteiger partial charge on any atom is 0.224 e. The Bertz CT molecular complexity index is 964. The molecule has 1 amide bonds. The predicted octanol–water partition coefficient (Wildman–Crippen LogP) is 3.93. The van der Waals surface area contributed by atoms with E-state index in [0.717, 1.165) is 28.3 Å². The van der Waals surface area contributed by atoms with E-state index in [2.05, 4.69) is 16.5 Å². The number of benzene rings is 2. The van der Waals surface area contributed by atoms with Crippen molar-refractivity contribution in [1.29, 1.82) is 5.26 Å². The summed E-state index contributed by atoms with van der Waals surface area (Å²) in [5.74, 6) is -0.0525. The molecule has 130 valence electrons. The largest absolute Gasteiger partial charge is 0.324 e. The molecule has 0 saturated heterocycles. The molecule has 3 rings (SSSR count). The van der Waals surface area contributed by atoms with Crippen LogP contribution in [0.1, 0.15) is 28.9 Å². The van der Waals surface area contributed by atoms with Crippen LogP contribution in [0.25, 0.3) is 5.69 Å². The maximum atomic E-state index is 12.4. The van der Waals surface area contributed by atoms with Crippen molar-refractivity contribution in [1.82, 2.24) is 9.78 Å². The Morgan fingerprint density at radius 3 is 2.54 bits per heavy atom. The van der Waals surface area contributed by atoms with Crippen LogP contribution in [0.3, 0.4) is 0 Å². The molecule has 26 heavy (non-hydrogen) atoms. The van der Waals surface area contributed by atoms with Gasteiger partial charge in [0.05, 0.1) is 28.7 Å². The Labute approximate surface area is 152 Å². The first kappa shape index (κ1) is 17.4. The van der Waals surface area contributed by atoms with Gasteiger partial charge in [-0.1, -0.05) is 24.3 Å². The topological polar surface area (TPSA) is 70.7 Å². The van der Waals surface area contributed by atoms with Gasteiger partial charge in [0.1, 0.15) is 0 Å². The van der Waals surface area contributed by atoms with E-state index in [1.807, 2.05) is 61.0 Å². The molecule has 5 heteroatoms. The first-order valence-electron chi connectivity index (χ1n) is 8.48. The molecule has 1 aromatic heterocycles. The molecule has 1 N–H and O–H groups in total. The lowest BCUT2D eigenvalue weighted by Gasteiger charge is -2.12. The van der Waals surface area contributed by atoms with Crippen molar-refractivity contribution in [3.63, 3.8) is 0 Å². The van der Waals surface area contributed by atoms with Gasteiger partial charge in [-0.25, -0.2) is 4.68 Å². The molecule has 2 aromatic carbocycles. The summed E-state index contributed by atoms with van der Waals surface area (Å²) >= 11 is 0. The van der Waals surface area contributed by atoms with E-state index in [0.29, 0.717) is 18.4 Å². The number of aromatic nitrogens is 2. The van der Waals surface area contributed by atoms with Gasteiger partial charge in [-0.15, -0.1) is 0 Å². The minimum absolute atomic E-state index is 0.0525. The highest BCUT2D eigenvalue weighted by Gasteiger charge is 2.11. The number of nitrogens with one attached hydrogen (secondary N) is 1. The third kappa shape index (κ3) is 3.98. The lowest BCUT2D eigenvalue weighted by atomic mass is 10.1. The van der Waals surface area contributed by atoms with Crippen LogP contribution in [0.15, 0.2) is 54.6 Å². The van der Waals surface area contributed by atoms with Gasteiger partial charge in [0.15, 0.2) is 0 Å². The van der Waals surface area contributed by atoms with Gasteiger partial charge in [-0.3, -0.25) is 4.79 Å². The van der Waals surface area contributed by atoms with Crippen LogP contribution in [0.2, 0.25) is 0 Å². The number of carbonyl (C=O) groups is 1. The average molecular weight is 344 g/mol. The summed E-state index contributed by atoms with van der Waals surface area (Å²) in [7, 11) is 0. The molecule has 0 bridgehead atoms. The van der Waals surface area contributed by atoms with Crippen molar-refractivity contribution >= 4 is 11.6 Å². The second-order valence-corrected chi connectivity index (χ2v) is 6.21. The summed E-state index contributed by atoms with van der Waals surface area (Å²) in [6.07, 6.45) is 0.997. The van der Waals surface area contributed by atoms with Crippen LogP contribution >= 0.6 is 0 Å². The molecule has 0 atom stereocenters. The van der Waals surface area contributed by atoms with Gasteiger partial charge < -0.3 is 5.32 Å². The number of anilines is 1. The third-order valence-electron chi connectivity index (χ3n) is 4.14. The number of aryl methyl sites for hydroxylation is 3. The van der Waals surface area contributed by atoms with Gasteiger partial charge in [0, 0.05) is 12.1 Å². The van der Waals surface area contributed by atoms with E-state index in [1.165, 1.54) is 0 Å². The van der Waals surface area contributed by atoms with E-state index >= 15 is 0 Å². The summed E-state index contributed by atoms with van der Waals surface area (Å²) in [5.41, 5.74) is 5.20. The molecule has 0 aliphatic carbocycles. The summed E-state index contributed by atoms with van der Waals surface area (Å²) in [6, 6.07) is 19.0. The standard InChI is InChI=1S/C21H20N4O/c1-15-13-16(2)25(24-15)20-6-4-3-5-19(20)23-21(26)12-11-17-7-9-18(14-22)10-8-17/h3-10,13H,11-12H2,1-2H3,(H,23,26). The first-order chi connectivity index (χ1) is 12.6. The molecule has 0 aliphatic heterocycles. The van der Waals surface area contributed by atoms with Crippen molar-refractivity contribution < 1.29 is 4.79 Å². The quantitative estimate of drug-likeness (QED) is 0.762. The predicted molar refractivity (Wildman–Crippen MR) is 101 cm³/mol. The fraction of sp³-hybridized carbons (Fsp3) is 0.190. The number of carbonyl (C=O) groups excluding carboxylic acids is 1. The Morgan fingerprint density at radius 1 is 1.15 bits per heavy atom. The molecule has 0 radical (unpaired) electrons. The maximum absolute atomic E-state index is 12.4. The van der Waals surface area contributed by atoms with Crippen molar-refractivity contribution in [2.24, 2.45) is 0 Å². The Morgan fingerprint density at radius 2 is 1.88 bits per heavy atom. The van der Waals surface area contributed by atoms with Crippen molar-refractivity contribution in [2.75, 3.05) is 5.32 Å². The Kier molecular flexibility index (Phi) is 5.14. The molecule has 0 fully saturated rings. The van der Waals surface area contributed by atoms with Crippen molar-refractivity contribution in [2.45, 2.75) is 26.7 Å².